The SMILES string of the molecule is CC1OB(O)c2c(F)cc(F)cc21.CCc1cc(Cc2cn(C)nc2I)on1. The third-order valence-corrected chi connectivity index (χ3v) is 5.24. The zero-order chi connectivity index (χ0) is 20.4. The van der Waals surface area contributed by atoms with Gasteiger partial charge in [0.05, 0.1) is 11.8 Å². The zero-order valence-electron chi connectivity index (χ0n) is 15.6. The van der Waals surface area contributed by atoms with Crippen LogP contribution in [0.5, 0.6) is 0 Å². The second-order valence-corrected chi connectivity index (χ2v) is 7.48. The quantitative estimate of drug-likeness (QED) is 0.442. The van der Waals surface area contributed by atoms with E-state index in [1.165, 1.54) is 11.6 Å². The smallest absolute Gasteiger partial charge is 0.423 e. The summed E-state index contributed by atoms with van der Waals surface area (Å²) < 4.78 is 38.8. The molecule has 3 heterocycles. The van der Waals surface area contributed by atoms with Gasteiger partial charge in [-0.05, 0) is 47.6 Å². The molecule has 4 rings (SSSR count). The lowest BCUT2D eigenvalue weighted by atomic mass is 9.79. The minimum absolute atomic E-state index is 0.0499. The van der Waals surface area contributed by atoms with Gasteiger partial charge in [-0.2, -0.15) is 5.10 Å². The maximum absolute atomic E-state index is 13.1. The molecule has 28 heavy (non-hydrogen) atoms. The van der Waals surface area contributed by atoms with Crippen LogP contribution in [-0.4, -0.2) is 27.1 Å². The second-order valence-electron chi connectivity index (χ2n) is 6.45. The van der Waals surface area contributed by atoms with Crippen LogP contribution in [0.3, 0.4) is 0 Å². The first kappa shape index (κ1) is 20.9. The highest BCUT2D eigenvalue weighted by molar-refractivity contribution is 14.1. The molecule has 10 heteroatoms. The summed E-state index contributed by atoms with van der Waals surface area (Å²) in [6, 6.07) is 3.92. The van der Waals surface area contributed by atoms with Gasteiger partial charge in [0.1, 0.15) is 21.1 Å². The largest absolute Gasteiger partial charge is 0.494 e. The topological polar surface area (TPSA) is 73.3 Å². The molecule has 6 nitrogen and oxygen atoms in total. The van der Waals surface area contributed by atoms with Crippen LogP contribution in [0, 0.1) is 15.3 Å². The number of hydrogen-bond donors (Lipinski definition) is 1. The Morgan fingerprint density at radius 3 is 2.68 bits per heavy atom. The first-order valence-corrected chi connectivity index (χ1v) is 9.81. The van der Waals surface area contributed by atoms with E-state index in [0.717, 1.165) is 34.1 Å². The summed E-state index contributed by atoms with van der Waals surface area (Å²) in [5.74, 6) is -0.509. The summed E-state index contributed by atoms with van der Waals surface area (Å²) in [7, 11) is 0.648. The number of nitrogens with zero attached hydrogens (tertiary/aromatic N) is 3. The highest BCUT2D eigenvalue weighted by atomic mass is 127. The maximum atomic E-state index is 13.1. The molecule has 1 aliphatic rings. The van der Waals surface area contributed by atoms with E-state index in [9.17, 15) is 13.8 Å². The fourth-order valence-electron chi connectivity index (χ4n) is 2.96. The second kappa shape index (κ2) is 8.70. The minimum Gasteiger partial charge on any atom is -0.423 e. The molecule has 0 saturated carbocycles. The lowest BCUT2D eigenvalue weighted by Crippen LogP contribution is -2.31. The van der Waals surface area contributed by atoms with Crippen molar-refractivity contribution in [2.75, 3.05) is 0 Å². The minimum atomic E-state index is -1.27. The first-order chi connectivity index (χ1) is 13.3. The Kier molecular flexibility index (Phi) is 6.51. The Balaban J connectivity index is 0.000000162. The van der Waals surface area contributed by atoms with E-state index in [4.69, 9.17) is 9.18 Å². The monoisotopic (exact) mass is 501 g/mol. The van der Waals surface area contributed by atoms with Crippen LogP contribution in [-0.2, 0) is 24.5 Å². The molecule has 1 atom stereocenters. The average molecular weight is 501 g/mol. The number of hydrogen-bond acceptors (Lipinski definition) is 5. The van der Waals surface area contributed by atoms with Gasteiger partial charge in [0.15, 0.2) is 0 Å². The van der Waals surface area contributed by atoms with E-state index in [0.29, 0.717) is 5.56 Å². The molecule has 0 radical (unpaired) electrons. The lowest BCUT2D eigenvalue weighted by Gasteiger charge is -2.03. The highest BCUT2D eigenvalue weighted by Crippen LogP contribution is 2.24. The molecule has 0 saturated heterocycles. The molecule has 0 bridgehead atoms. The summed E-state index contributed by atoms with van der Waals surface area (Å²) in [6.07, 6.45) is 3.22. The van der Waals surface area contributed by atoms with E-state index in [2.05, 4.69) is 39.8 Å². The van der Waals surface area contributed by atoms with Gasteiger partial charge in [-0.15, -0.1) is 0 Å². The fourth-order valence-corrected chi connectivity index (χ4v) is 3.63. The molecule has 0 aliphatic carbocycles. The standard InChI is InChI=1S/C10H12IN3O.C8H7BF2O2/c1-3-8-5-9(15-13-8)4-7-6-14(2)12-10(7)11;1-4-6-2-5(10)3-7(11)8(6)9(12)13-4/h5-6H,3-4H2,1-2H3;2-4,12H,1H3. The van der Waals surface area contributed by atoms with Gasteiger partial charge < -0.3 is 14.2 Å². The van der Waals surface area contributed by atoms with E-state index in [1.54, 1.807) is 6.92 Å². The number of fused-ring (bicyclic) bond motifs is 1. The predicted molar refractivity (Wildman–Crippen MR) is 108 cm³/mol. The van der Waals surface area contributed by atoms with Crippen LogP contribution in [0.4, 0.5) is 8.78 Å². The molecule has 148 valence electrons. The van der Waals surface area contributed by atoms with Crippen LogP contribution < -0.4 is 5.46 Å². The molecular formula is C18H19BF2IN3O3. The van der Waals surface area contributed by atoms with Crippen molar-refractivity contribution in [2.45, 2.75) is 32.8 Å². The summed E-state index contributed by atoms with van der Waals surface area (Å²) in [6.45, 7) is 3.70. The first-order valence-electron chi connectivity index (χ1n) is 8.73. The Hall–Kier alpha value is -1.79. The number of aromatic nitrogens is 3. The van der Waals surface area contributed by atoms with Crippen molar-refractivity contribution in [3.8, 4) is 0 Å². The van der Waals surface area contributed by atoms with E-state index in [-0.39, 0.29) is 5.46 Å². The number of benzene rings is 1. The third-order valence-electron chi connectivity index (χ3n) is 4.33. The normalized spacial score (nSPS) is 15.4. The van der Waals surface area contributed by atoms with E-state index < -0.39 is 24.9 Å². The summed E-state index contributed by atoms with van der Waals surface area (Å²) in [5, 5.41) is 17.5. The third kappa shape index (κ3) is 4.61. The molecule has 1 aliphatic heterocycles. The van der Waals surface area contributed by atoms with E-state index in [1.807, 2.05) is 24.0 Å². The Morgan fingerprint density at radius 1 is 1.32 bits per heavy atom. The summed E-state index contributed by atoms with van der Waals surface area (Å²) >= 11 is 2.23. The average Bonchev–Trinajstić information content (AvgIpc) is 3.28. The van der Waals surface area contributed by atoms with Crippen molar-refractivity contribution in [1.29, 1.82) is 0 Å². The zero-order valence-corrected chi connectivity index (χ0v) is 17.8. The van der Waals surface area contributed by atoms with Crippen LogP contribution in [0.2, 0.25) is 0 Å². The molecule has 1 aromatic carbocycles. The van der Waals surface area contributed by atoms with Gasteiger partial charge in [-0.25, -0.2) is 8.78 Å². The molecule has 1 unspecified atom stereocenters. The molecule has 2 aromatic heterocycles. The molecule has 0 spiro atoms. The fraction of sp³-hybridized carbons (Fsp3) is 0.333. The summed E-state index contributed by atoms with van der Waals surface area (Å²) in [5.41, 5.74) is 2.61. The molecule has 1 N–H and O–H groups in total. The van der Waals surface area contributed by atoms with Gasteiger partial charge in [-0.1, -0.05) is 12.1 Å². The number of aryl methyl sites for hydroxylation is 2. The van der Waals surface area contributed by atoms with Crippen molar-refractivity contribution < 1.29 is 23.0 Å². The molecule has 0 amide bonds. The number of halogens is 3. The highest BCUT2D eigenvalue weighted by Gasteiger charge is 2.35. The van der Waals surface area contributed by atoms with Crippen molar-refractivity contribution in [2.24, 2.45) is 7.05 Å². The van der Waals surface area contributed by atoms with Crippen molar-refractivity contribution in [3.05, 3.63) is 62.3 Å². The maximum Gasteiger partial charge on any atom is 0.494 e. The van der Waals surface area contributed by atoms with Crippen LogP contribution in [0.15, 0.2) is 28.9 Å². The molecule has 3 aromatic rings. The van der Waals surface area contributed by atoms with Gasteiger partial charge in [0.25, 0.3) is 0 Å². The van der Waals surface area contributed by atoms with Gasteiger partial charge in [0, 0.05) is 42.8 Å². The predicted octanol–water partition coefficient (Wildman–Crippen LogP) is 2.91. The van der Waals surface area contributed by atoms with Crippen molar-refractivity contribution in [3.63, 3.8) is 0 Å². The van der Waals surface area contributed by atoms with Crippen LogP contribution in [0.1, 0.15) is 42.5 Å². The molecular weight excluding hydrogens is 482 g/mol. The van der Waals surface area contributed by atoms with E-state index >= 15 is 0 Å². The number of rotatable bonds is 3. The summed E-state index contributed by atoms with van der Waals surface area (Å²) in [4.78, 5) is 0. The Morgan fingerprint density at radius 2 is 2.07 bits per heavy atom. The lowest BCUT2D eigenvalue weighted by molar-refractivity contribution is 0.208. The van der Waals surface area contributed by atoms with Crippen LogP contribution >= 0.6 is 22.6 Å². The Labute approximate surface area is 175 Å². The van der Waals surface area contributed by atoms with Gasteiger partial charge in [0.2, 0.25) is 0 Å². The van der Waals surface area contributed by atoms with Crippen molar-refractivity contribution in [1.82, 2.24) is 14.9 Å². The van der Waals surface area contributed by atoms with Crippen molar-refractivity contribution >= 4 is 35.2 Å². The molecule has 0 fully saturated rings. The van der Waals surface area contributed by atoms with Crippen LogP contribution in [0.25, 0.3) is 0 Å². The van der Waals surface area contributed by atoms with Gasteiger partial charge in [-0.3, -0.25) is 4.68 Å². The van der Waals surface area contributed by atoms with Gasteiger partial charge >= 0.3 is 7.12 Å². The Bertz CT molecular complexity index is 979.